The van der Waals surface area contributed by atoms with Gasteiger partial charge in [-0.05, 0) is 61.1 Å². The minimum atomic E-state index is -1.04. The SMILES string of the molecule is CN1C(=O)C(NC(=O)[C@H](Cc2ccc(Cl)c(Cl)c2)c2ccccc2)N=C(N2CCCCC2)c2ccccc21. The van der Waals surface area contributed by atoms with Gasteiger partial charge in [0.05, 0.1) is 21.7 Å². The zero-order valence-electron chi connectivity index (χ0n) is 21.2. The van der Waals surface area contributed by atoms with Crippen molar-refractivity contribution in [1.29, 1.82) is 0 Å². The van der Waals surface area contributed by atoms with Gasteiger partial charge >= 0.3 is 0 Å². The molecule has 6 nitrogen and oxygen atoms in total. The minimum absolute atomic E-state index is 0.276. The molecule has 0 saturated carbocycles. The Balaban J connectivity index is 1.48. The van der Waals surface area contributed by atoms with E-state index in [-0.39, 0.29) is 11.8 Å². The number of nitrogens with one attached hydrogen (secondary N) is 1. The number of likely N-dealkylation sites (tertiary alicyclic amines) is 1. The van der Waals surface area contributed by atoms with E-state index >= 15 is 0 Å². The number of halogens is 2. The second-order valence-electron chi connectivity index (χ2n) is 9.74. The fourth-order valence-corrected chi connectivity index (χ4v) is 5.46. The van der Waals surface area contributed by atoms with Crippen molar-refractivity contribution in [2.45, 2.75) is 37.8 Å². The Bertz CT molecular complexity index is 1360. The molecule has 8 heteroatoms. The summed E-state index contributed by atoms with van der Waals surface area (Å²) in [5.74, 6) is -0.351. The lowest BCUT2D eigenvalue weighted by Gasteiger charge is -2.30. The van der Waals surface area contributed by atoms with Crippen molar-refractivity contribution < 1.29 is 9.59 Å². The summed E-state index contributed by atoms with van der Waals surface area (Å²) < 4.78 is 0. The molecule has 3 aromatic rings. The molecular formula is C30H30Cl2N4O2. The molecule has 0 radical (unpaired) electrons. The number of likely N-dealkylation sites (N-methyl/N-ethyl adjacent to an activating group) is 1. The zero-order valence-corrected chi connectivity index (χ0v) is 22.8. The molecule has 0 bridgehead atoms. The number of amides is 2. The molecule has 2 amide bonds. The van der Waals surface area contributed by atoms with Crippen LogP contribution in [-0.2, 0) is 16.0 Å². The molecule has 1 N–H and O–H groups in total. The fraction of sp³-hybridized carbons (Fsp3) is 0.300. The number of piperidine rings is 1. The van der Waals surface area contributed by atoms with E-state index in [1.54, 1.807) is 24.1 Å². The first-order valence-electron chi connectivity index (χ1n) is 12.9. The highest BCUT2D eigenvalue weighted by molar-refractivity contribution is 6.42. The normalized spacial score (nSPS) is 18.3. The number of amidine groups is 1. The van der Waals surface area contributed by atoms with Crippen LogP contribution >= 0.6 is 23.2 Å². The molecule has 5 rings (SSSR count). The van der Waals surface area contributed by atoms with Gasteiger partial charge in [-0.3, -0.25) is 9.59 Å². The van der Waals surface area contributed by atoms with Crippen LogP contribution in [0.15, 0.2) is 77.8 Å². The van der Waals surface area contributed by atoms with Crippen molar-refractivity contribution in [2.24, 2.45) is 4.99 Å². The van der Waals surface area contributed by atoms with Crippen LogP contribution in [0.3, 0.4) is 0 Å². The summed E-state index contributed by atoms with van der Waals surface area (Å²) in [5, 5.41) is 3.88. The summed E-state index contributed by atoms with van der Waals surface area (Å²) >= 11 is 12.4. The Morgan fingerprint density at radius 2 is 1.68 bits per heavy atom. The second kappa shape index (κ2) is 11.6. The Morgan fingerprint density at radius 1 is 0.974 bits per heavy atom. The van der Waals surface area contributed by atoms with Crippen molar-refractivity contribution >= 4 is 46.5 Å². The number of nitrogens with zero attached hydrogens (tertiary/aromatic N) is 3. The molecule has 0 spiro atoms. The number of benzodiazepines with no additional fused rings is 1. The number of rotatable bonds is 5. The number of hydrogen-bond acceptors (Lipinski definition) is 4. The zero-order chi connectivity index (χ0) is 26.6. The van der Waals surface area contributed by atoms with Crippen LogP contribution in [0.25, 0.3) is 0 Å². The second-order valence-corrected chi connectivity index (χ2v) is 10.6. The van der Waals surface area contributed by atoms with E-state index < -0.39 is 12.1 Å². The first-order chi connectivity index (χ1) is 18.4. The van der Waals surface area contributed by atoms with Crippen molar-refractivity contribution in [2.75, 3.05) is 25.0 Å². The van der Waals surface area contributed by atoms with Gasteiger partial charge in [-0.25, -0.2) is 4.99 Å². The van der Waals surface area contributed by atoms with Gasteiger partial charge in [0.25, 0.3) is 5.91 Å². The number of anilines is 1. The number of hydrogen-bond donors (Lipinski definition) is 1. The van der Waals surface area contributed by atoms with E-state index in [0.29, 0.717) is 16.5 Å². The van der Waals surface area contributed by atoms with Crippen LogP contribution in [-0.4, -0.2) is 48.9 Å². The lowest BCUT2D eigenvalue weighted by atomic mass is 9.91. The lowest BCUT2D eigenvalue weighted by molar-refractivity contribution is -0.128. The standard InChI is InChI=1S/C30H30Cl2N4O2/c1-35-26-13-7-6-12-22(26)28(36-16-8-3-9-17-36)33-27(30(35)38)34-29(37)23(21-10-4-2-5-11-21)18-20-14-15-24(31)25(32)19-20/h2,4-7,10-15,19,23,27H,3,8-9,16-18H2,1H3,(H,34,37)/t23-,27?/m1/s1. The molecule has 2 aliphatic heterocycles. The Hall–Kier alpha value is -3.35. The van der Waals surface area contributed by atoms with Crippen LogP contribution in [0.4, 0.5) is 5.69 Å². The van der Waals surface area contributed by atoms with Crippen LogP contribution in [0.2, 0.25) is 10.0 Å². The van der Waals surface area contributed by atoms with Gasteiger partial charge < -0.3 is 15.1 Å². The molecule has 38 heavy (non-hydrogen) atoms. The number of carbonyl (C=O) groups excluding carboxylic acids is 2. The molecule has 196 valence electrons. The Labute approximate surface area is 233 Å². The molecular weight excluding hydrogens is 519 g/mol. The summed E-state index contributed by atoms with van der Waals surface area (Å²) in [7, 11) is 1.74. The van der Waals surface area contributed by atoms with Crippen molar-refractivity contribution in [3.8, 4) is 0 Å². The predicted octanol–water partition coefficient (Wildman–Crippen LogP) is 5.67. The first kappa shape index (κ1) is 26.3. The van der Waals surface area contributed by atoms with Crippen molar-refractivity contribution in [3.05, 3.63) is 99.5 Å². The van der Waals surface area contributed by atoms with Gasteiger partial charge in [-0.2, -0.15) is 0 Å². The first-order valence-corrected chi connectivity index (χ1v) is 13.7. The quantitative estimate of drug-likeness (QED) is 0.446. The number of fused-ring (bicyclic) bond motifs is 1. The molecule has 3 aromatic carbocycles. The third-order valence-electron chi connectivity index (χ3n) is 7.20. The van der Waals surface area contributed by atoms with Crippen molar-refractivity contribution in [3.63, 3.8) is 0 Å². The van der Waals surface area contributed by atoms with E-state index in [2.05, 4.69) is 10.2 Å². The smallest absolute Gasteiger partial charge is 0.272 e. The summed E-state index contributed by atoms with van der Waals surface area (Å²) in [6.45, 7) is 1.74. The molecule has 2 heterocycles. The maximum absolute atomic E-state index is 13.9. The average Bonchev–Trinajstić information content (AvgIpc) is 3.05. The molecule has 1 saturated heterocycles. The summed E-state index contributed by atoms with van der Waals surface area (Å²) in [6.07, 6.45) is 2.67. The number of aliphatic imine (C=N–C) groups is 1. The molecule has 0 aromatic heterocycles. The highest BCUT2D eigenvalue weighted by Crippen LogP contribution is 2.29. The van der Waals surface area contributed by atoms with Gasteiger partial charge in [-0.1, -0.05) is 71.7 Å². The van der Waals surface area contributed by atoms with E-state index in [9.17, 15) is 9.59 Å². The third kappa shape index (κ3) is 5.57. The van der Waals surface area contributed by atoms with E-state index in [0.717, 1.165) is 54.1 Å². The van der Waals surface area contributed by atoms with Gasteiger partial charge in [-0.15, -0.1) is 0 Å². The maximum Gasteiger partial charge on any atom is 0.272 e. The molecule has 2 atom stereocenters. The highest BCUT2D eigenvalue weighted by Gasteiger charge is 2.34. The molecule has 1 unspecified atom stereocenters. The van der Waals surface area contributed by atoms with E-state index in [1.165, 1.54) is 6.42 Å². The molecule has 0 aliphatic carbocycles. The number of para-hydroxylation sites is 1. The Kier molecular flexibility index (Phi) is 8.01. The van der Waals surface area contributed by atoms with E-state index in [4.69, 9.17) is 28.2 Å². The fourth-order valence-electron chi connectivity index (χ4n) is 5.14. The largest absolute Gasteiger partial charge is 0.356 e. The minimum Gasteiger partial charge on any atom is -0.356 e. The van der Waals surface area contributed by atoms with Crippen molar-refractivity contribution in [1.82, 2.24) is 10.2 Å². The third-order valence-corrected chi connectivity index (χ3v) is 7.94. The number of benzene rings is 3. The van der Waals surface area contributed by atoms with Crippen LogP contribution in [0, 0.1) is 0 Å². The topological polar surface area (TPSA) is 65.0 Å². The maximum atomic E-state index is 13.9. The molecule has 1 fully saturated rings. The van der Waals surface area contributed by atoms with Gasteiger partial charge in [0.15, 0.2) is 0 Å². The van der Waals surface area contributed by atoms with Gasteiger partial charge in [0, 0.05) is 25.7 Å². The summed E-state index contributed by atoms with van der Waals surface area (Å²) in [5.41, 5.74) is 3.40. The highest BCUT2D eigenvalue weighted by atomic mass is 35.5. The predicted molar refractivity (Wildman–Crippen MR) is 153 cm³/mol. The van der Waals surface area contributed by atoms with Crippen LogP contribution in [0.1, 0.15) is 41.9 Å². The molecule has 2 aliphatic rings. The summed E-state index contributed by atoms with van der Waals surface area (Å²) in [4.78, 5) is 36.2. The monoisotopic (exact) mass is 548 g/mol. The van der Waals surface area contributed by atoms with Crippen LogP contribution < -0.4 is 10.2 Å². The Morgan fingerprint density at radius 3 is 2.42 bits per heavy atom. The van der Waals surface area contributed by atoms with E-state index in [1.807, 2.05) is 60.7 Å². The number of carbonyl (C=O) groups is 2. The van der Waals surface area contributed by atoms with Gasteiger partial charge in [0.1, 0.15) is 5.84 Å². The average molecular weight is 550 g/mol. The van der Waals surface area contributed by atoms with Crippen LogP contribution in [0.5, 0.6) is 0 Å². The summed E-state index contributed by atoms with van der Waals surface area (Å²) in [6, 6.07) is 22.7. The van der Waals surface area contributed by atoms with Gasteiger partial charge in [0.2, 0.25) is 12.1 Å². The lowest BCUT2D eigenvalue weighted by Crippen LogP contribution is -2.48.